The van der Waals surface area contributed by atoms with Gasteiger partial charge in [-0.15, -0.1) is 11.8 Å². The lowest BCUT2D eigenvalue weighted by molar-refractivity contribution is -0.384. The Balaban J connectivity index is 1.20. The third-order valence-corrected chi connectivity index (χ3v) is 11.1. The molecule has 1 atom stereocenters. The second kappa shape index (κ2) is 17.5. The van der Waals surface area contributed by atoms with Gasteiger partial charge in [-0.2, -0.15) is 0 Å². The number of para-hydroxylation sites is 1. The summed E-state index contributed by atoms with van der Waals surface area (Å²) in [5.41, 5.74) is 2.04. The summed E-state index contributed by atoms with van der Waals surface area (Å²) < 4.78 is 34.1. The maximum absolute atomic E-state index is 13.3. The highest BCUT2D eigenvalue weighted by Crippen LogP contribution is 2.30. The predicted molar refractivity (Wildman–Crippen MR) is 202 cm³/mol. The van der Waals surface area contributed by atoms with Gasteiger partial charge >= 0.3 is 0 Å². The normalized spacial score (nSPS) is 14.2. The quantitative estimate of drug-likeness (QED) is 0.0850. The molecule has 0 saturated carbocycles. The van der Waals surface area contributed by atoms with E-state index in [1.54, 1.807) is 43.1 Å². The summed E-state index contributed by atoms with van der Waals surface area (Å²) in [6.45, 7) is 4.83. The van der Waals surface area contributed by atoms with Gasteiger partial charge in [0.25, 0.3) is 21.6 Å². The number of nitrogens with zero attached hydrogens (tertiary/aromatic N) is 4. The summed E-state index contributed by atoms with van der Waals surface area (Å²) >= 11 is 1.63. The summed E-state index contributed by atoms with van der Waals surface area (Å²) in [5, 5.41) is 15.4. The van der Waals surface area contributed by atoms with Crippen LogP contribution in [0.5, 0.6) is 5.75 Å². The van der Waals surface area contributed by atoms with Crippen molar-refractivity contribution in [3.05, 3.63) is 118 Å². The van der Waals surface area contributed by atoms with Crippen LogP contribution in [0.3, 0.4) is 0 Å². The number of thioether (sulfide) groups is 1. The highest BCUT2D eigenvalue weighted by atomic mass is 32.2. The Hall–Kier alpha value is -4.63. The number of hydrogen-bond acceptors (Lipinski definition) is 11. The standard InChI is InChI=1S/C37H44N6O6S2/c1-40(2)20-19-30(27-50-32-10-5-4-6-11-32)38-34-18-17-33(25-35(34)43(45)46)51(47,48)39-37(44)28-13-15-31(16-14-28)42-23-21-41(22-24-42)26-29-9-7-8-12-36(29)49-3/h4-18,25,30,38H,19-24,26-27H2,1-3H3,(H,39,44)/t30-/m1/s1. The number of hydrogen-bond donors (Lipinski definition) is 2. The van der Waals surface area contributed by atoms with Crippen molar-refractivity contribution in [2.75, 3.05) is 69.9 Å². The maximum atomic E-state index is 13.3. The summed E-state index contributed by atoms with van der Waals surface area (Å²) in [6, 6.07) is 28.1. The lowest BCUT2D eigenvalue weighted by Crippen LogP contribution is -2.46. The van der Waals surface area contributed by atoms with Crippen molar-refractivity contribution in [2.45, 2.75) is 28.8 Å². The van der Waals surface area contributed by atoms with Gasteiger partial charge in [0.1, 0.15) is 11.4 Å². The molecule has 2 N–H and O–H groups in total. The Kier molecular flexibility index (Phi) is 12.9. The van der Waals surface area contributed by atoms with Crippen LogP contribution >= 0.6 is 11.8 Å². The molecule has 1 amide bonds. The fourth-order valence-electron chi connectivity index (χ4n) is 5.80. The minimum Gasteiger partial charge on any atom is -0.496 e. The van der Waals surface area contributed by atoms with Crippen LogP contribution in [0.2, 0.25) is 0 Å². The van der Waals surface area contributed by atoms with Crippen LogP contribution in [0.4, 0.5) is 17.1 Å². The molecule has 4 aromatic carbocycles. The molecular formula is C37H44N6O6S2. The van der Waals surface area contributed by atoms with Gasteiger partial charge in [0.15, 0.2) is 0 Å². The number of sulfonamides is 1. The van der Waals surface area contributed by atoms with E-state index >= 15 is 0 Å². The lowest BCUT2D eigenvalue weighted by atomic mass is 10.1. The smallest absolute Gasteiger partial charge is 0.293 e. The molecule has 0 spiro atoms. The molecule has 0 bridgehead atoms. The van der Waals surface area contributed by atoms with Crippen LogP contribution in [0.15, 0.2) is 107 Å². The van der Waals surface area contributed by atoms with E-state index in [1.165, 1.54) is 12.1 Å². The SMILES string of the molecule is COc1ccccc1CN1CCN(c2ccc(C(=O)NS(=O)(=O)c3ccc(N[C@H](CCN(C)C)CSc4ccccc4)c([N+](=O)[O-])c3)cc2)CC1. The van der Waals surface area contributed by atoms with E-state index in [2.05, 4.69) is 25.9 Å². The second-order valence-corrected chi connectivity index (χ2v) is 15.3. The number of nitrogens with one attached hydrogen (secondary N) is 2. The number of nitro benzene ring substituents is 1. The first-order valence-electron chi connectivity index (χ1n) is 16.7. The zero-order chi connectivity index (χ0) is 36.4. The van der Waals surface area contributed by atoms with E-state index < -0.39 is 26.5 Å². The van der Waals surface area contributed by atoms with Gasteiger partial charge in [-0.3, -0.25) is 19.8 Å². The molecule has 51 heavy (non-hydrogen) atoms. The molecule has 4 aromatic rings. The van der Waals surface area contributed by atoms with Crippen LogP contribution in [-0.4, -0.2) is 94.8 Å². The molecule has 1 fully saturated rings. The molecule has 0 aromatic heterocycles. The van der Waals surface area contributed by atoms with Gasteiger partial charge in [0.2, 0.25) is 0 Å². The molecule has 1 heterocycles. The van der Waals surface area contributed by atoms with E-state index in [4.69, 9.17) is 4.74 Å². The highest BCUT2D eigenvalue weighted by molar-refractivity contribution is 7.99. The van der Waals surface area contributed by atoms with Crippen molar-refractivity contribution in [1.29, 1.82) is 0 Å². The van der Waals surface area contributed by atoms with Crippen molar-refractivity contribution in [3.63, 3.8) is 0 Å². The van der Waals surface area contributed by atoms with Gasteiger partial charge < -0.3 is 19.9 Å². The van der Waals surface area contributed by atoms with Crippen molar-refractivity contribution in [2.24, 2.45) is 0 Å². The number of methoxy groups -OCH3 is 1. The molecule has 0 aliphatic carbocycles. The van der Waals surface area contributed by atoms with Gasteiger partial charge in [0.05, 0.1) is 16.9 Å². The molecule has 270 valence electrons. The number of carbonyl (C=O) groups excluding carboxylic acids is 1. The molecule has 0 radical (unpaired) electrons. The average molecular weight is 733 g/mol. The first-order valence-corrected chi connectivity index (χ1v) is 19.1. The summed E-state index contributed by atoms with van der Waals surface area (Å²) in [7, 11) is 1.18. The Morgan fingerprint density at radius 2 is 1.65 bits per heavy atom. The Labute approximate surface area is 304 Å². The fourth-order valence-corrected chi connectivity index (χ4v) is 7.79. The predicted octanol–water partition coefficient (Wildman–Crippen LogP) is 5.57. The van der Waals surface area contributed by atoms with E-state index in [0.29, 0.717) is 12.2 Å². The molecule has 1 saturated heterocycles. The number of rotatable bonds is 16. The number of anilines is 2. The van der Waals surface area contributed by atoms with Gasteiger partial charge in [0, 0.05) is 72.3 Å². The minimum atomic E-state index is -4.41. The highest BCUT2D eigenvalue weighted by Gasteiger charge is 2.26. The van der Waals surface area contributed by atoms with Gasteiger partial charge in [-0.05, 0) is 81.7 Å². The van der Waals surface area contributed by atoms with Gasteiger partial charge in [-0.1, -0.05) is 36.4 Å². The first kappa shape index (κ1) is 37.6. The first-order chi connectivity index (χ1) is 24.5. The lowest BCUT2D eigenvalue weighted by Gasteiger charge is -2.36. The molecule has 5 rings (SSSR count). The van der Waals surface area contributed by atoms with Crippen LogP contribution in [0.25, 0.3) is 0 Å². The van der Waals surface area contributed by atoms with Gasteiger partial charge in [-0.25, -0.2) is 13.1 Å². The van der Waals surface area contributed by atoms with E-state index in [-0.39, 0.29) is 22.2 Å². The van der Waals surface area contributed by atoms with E-state index in [0.717, 1.165) is 67.2 Å². The van der Waals surface area contributed by atoms with Crippen molar-refractivity contribution >= 4 is 44.8 Å². The molecule has 14 heteroatoms. The minimum absolute atomic E-state index is 0.135. The van der Waals surface area contributed by atoms with Crippen LogP contribution in [0, 0.1) is 10.1 Å². The largest absolute Gasteiger partial charge is 0.496 e. The summed E-state index contributed by atoms with van der Waals surface area (Å²) in [6.07, 6.45) is 0.707. The number of piperazine rings is 1. The average Bonchev–Trinajstić information content (AvgIpc) is 3.13. The van der Waals surface area contributed by atoms with Crippen LogP contribution in [-0.2, 0) is 16.6 Å². The third-order valence-electron chi connectivity index (χ3n) is 8.64. The number of amides is 1. The molecule has 12 nitrogen and oxygen atoms in total. The molecule has 1 aliphatic heterocycles. The zero-order valence-electron chi connectivity index (χ0n) is 29.0. The Morgan fingerprint density at radius 1 is 0.961 bits per heavy atom. The van der Waals surface area contributed by atoms with Crippen molar-refractivity contribution in [3.8, 4) is 5.75 Å². The molecular weight excluding hydrogens is 689 g/mol. The van der Waals surface area contributed by atoms with Crippen molar-refractivity contribution in [1.82, 2.24) is 14.5 Å². The summed E-state index contributed by atoms with van der Waals surface area (Å²) in [4.78, 5) is 31.9. The Bertz CT molecular complexity index is 1890. The zero-order valence-corrected chi connectivity index (χ0v) is 30.7. The Morgan fingerprint density at radius 3 is 2.31 bits per heavy atom. The fraction of sp³-hybridized carbons (Fsp3) is 0.324. The maximum Gasteiger partial charge on any atom is 0.293 e. The monoisotopic (exact) mass is 732 g/mol. The number of benzene rings is 4. The molecule has 1 aliphatic rings. The number of ether oxygens (including phenoxy) is 1. The van der Waals surface area contributed by atoms with E-state index in [1.807, 2.05) is 67.5 Å². The third kappa shape index (κ3) is 10.4. The van der Waals surface area contributed by atoms with Crippen LogP contribution < -0.4 is 19.7 Å². The van der Waals surface area contributed by atoms with Crippen LogP contribution in [0.1, 0.15) is 22.3 Å². The number of carbonyl (C=O) groups is 1. The van der Waals surface area contributed by atoms with Crippen molar-refractivity contribution < 1.29 is 22.9 Å². The molecule has 0 unspecified atom stereocenters. The number of nitro groups is 1. The summed E-state index contributed by atoms with van der Waals surface area (Å²) in [5.74, 6) is 0.691. The second-order valence-electron chi connectivity index (χ2n) is 12.5. The van der Waals surface area contributed by atoms with E-state index in [9.17, 15) is 23.3 Å². The topological polar surface area (TPSA) is 137 Å².